The molecule has 92 valence electrons. The van der Waals surface area contributed by atoms with Crippen molar-refractivity contribution in [3.8, 4) is 0 Å². The van der Waals surface area contributed by atoms with Crippen LogP contribution in [0.2, 0.25) is 0 Å². The summed E-state index contributed by atoms with van der Waals surface area (Å²) >= 11 is 0. The molecule has 0 aliphatic carbocycles. The molecule has 1 heterocycles. The molecule has 0 atom stereocenters. The van der Waals surface area contributed by atoms with Gasteiger partial charge >= 0.3 is 0 Å². The van der Waals surface area contributed by atoms with Crippen LogP contribution < -0.4 is 5.32 Å². The Bertz CT molecular complexity index is 294. The quantitative estimate of drug-likeness (QED) is 0.773. The van der Waals surface area contributed by atoms with Gasteiger partial charge in [-0.3, -0.25) is 0 Å². The zero-order chi connectivity index (χ0) is 12.0. The maximum atomic E-state index is 5.55. The van der Waals surface area contributed by atoms with Crippen LogP contribution in [0.15, 0.2) is 4.42 Å². The normalized spacial score (nSPS) is 11.6. The molecule has 0 unspecified atom stereocenters. The van der Waals surface area contributed by atoms with Crippen molar-refractivity contribution in [2.75, 3.05) is 6.54 Å². The Kier molecular flexibility index (Phi) is 5.46. The predicted octanol–water partition coefficient (Wildman–Crippen LogP) is 2.20. The Hall–Kier alpha value is -0.900. The Balaban J connectivity index is 2.28. The van der Waals surface area contributed by atoms with E-state index in [2.05, 4.69) is 43.2 Å². The van der Waals surface area contributed by atoms with E-state index < -0.39 is 0 Å². The van der Waals surface area contributed by atoms with Gasteiger partial charge in [-0.1, -0.05) is 27.7 Å². The van der Waals surface area contributed by atoms with Crippen LogP contribution in [0.3, 0.4) is 0 Å². The molecule has 4 heteroatoms. The first-order valence-corrected chi connectivity index (χ1v) is 6.12. The molecule has 16 heavy (non-hydrogen) atoms. The van der Waals surface area contributed by atoms with Gasteiger partial charge in [-0.05, 0) is 12.3 Å². The third-order valence-corrected chi connectivity index (χ3v) is 2.34. The van der Waals surface area contributed by atoms with Crippen molar-refractivity contribution >= 4 is 0 Å². The second-order valence-electron chi connectivity index (χ2n) is 4.88. The Morgan fingerprint density at radius 1 is 1.06 bits per heavy atom. The molecule has 1 aromatic rings. The van der Waals surface area contributed by atoms with Crippen LogP contribution in [0.5, 0.6) is 0 Å². The van der Waals surface area contributed by atoms with E-state index in [1.807, 2.05) is 0 Å². The largest absolute Gasteiger partial charge is 0.425 e. The first-order valence-electron chi connectivity index (χ1n) is 6.12. The highest BCUT2D eigenvalue weighted by Gasteiger charge is 2.06. The van der Waals surface area contributed by atoms with Gasteiger partial charge in [0.15, 0.2) is 0 Å². The van der Waals surface area contributed by atoms with Crippen LogP contribution in [0.25, 0.3) is 0 Å². The summed E-state index contributed by atoms with van der Waals surface area (Å²) in [5, 5.41) is 11.4. The SMILES string of the molecule is CC(C)CCc1nnc(CCNC(C)C)o1. The summed E-state index contributed by atoms with van der Waals surface area (Å²) in [4.78, 5) is 0. The molecule has 0 spiro atoms. The number of aryl methyl sites for hydroxylation is 1. The van der Waals surface area contributed by atoms with Gasteiger partial charge in [0.1, 0.15) is 0 Å². The lowest BCUT2D eigenvalue weighted by Gasteiger charge is -2.04. The first-order chi connectivity index (χ1) is 7.58. The fourth-order valence-electron chi connectivity index (χ4n) is 1.37. The zero-order valence-corrected chi connectivity index (χ0v) is 10.8. The van der Waals surface area contributed by atoms with Crippen molar-refractivity contribution in [3.05, 3.63) is 11.8 Å². The van der Waals surface area contributed by atoms with E-state index in [-0.39, 0.29) is 0 Å². The van der Waals surface area contributed by atoms with Crippen LogP contribution in [0.4, 0.5) is 0 Å². The fraction of sp³-hybridized carbons (Fsp3) is 0.833. The highest BCUT2D eigenvalue weighted by atomic mass is 16.4. The van der Waals surface area contributed by atoms with E-state index in [0.717, 1.165) is 37.6 Å². The maximum absolute atomic E-state index is 5.55. The molecule has 1 rings (SSSR count). The third-order valence-electron chi connectivity index (χ3n) is 2.34. The summed E-state index contributed by atoms with van der Waals surface area (Å²) in [7, 11) is 0. The second kappa shape index (κ2) is 6.63. The lowest BCUT2D eigenvalue weighted by atomic mass is 10.1. The number of nitrogens with zero attached hydrogens (tertiary/aromatic N) is 2. The van der Waals surface area contributed by atoms with E-state index in [1.165, 1.54) is 0 Å². The van der Waals surface area contributed by atoms with Gasteiger partial charge in [-0.15, -0.1) is 10.2 Å². The Morgan fingerprint density at radius 2 is 1.69 bits per heavy atom. The molecule has 1 N–H and O–H groups in total. The van der Waals surface area contributed by atoms with Crippen molar-refractivity contribution < 1.29 is 4.42 Å². The highest BCUT2D eigenvalue weighted by molar-refractivity contribution is 4.83. The number of nitrogens with one attached hydrogen (secondary N) is 1. The minimum atomic E-state index is 0.503. The number of hydrogen-bond acceptors (Lipinski definition) is 4. The van der Waals surface area contributed by atoms with Gasteiger partial charge < -0.3 is 9.73 Å². The van der Waals surface area contributed by atoms with E-state index in [0.29, 0.717) is 12.0 Å². The molecule has 0 radical (unpaired) electrons. The topological polar surface area (TPSA) is 51.0 Å². The molecular weight excluding hydrogens is 202 g/mol. The molecule has 0 saturated carbocycles. The lowest BCUT2D eigenvalue weighted by molar-refractivity contribution is 0.423. The van der Waals surface area contributed by atoms with Crippen molar-refractivity contribution in [1.29, 1.82) is 0 Å². The summed E-state index contributed by atoms with van der Waals surface area (Å²) in [6.45, 7) is 9.54. The van der Waals surface area contributed by atoms with Gasteiger partial charge in [0.2, 0.25) is 11.8 Å². The van der Waals surface area contributed by atoms with Gasteiger partial charge in [0.05, 0.1) is 0 Å². The summed E-state index contributed by atoms with van der Waals surface area (Å²) in [5.41, 5.74) is 0. The highest BCUT2D eigenvalue weighted by Crippen LogP contribution is 2.08. The summed E-state index contributed by atoms with van der Waals surface area (Å²) in [6.07, 6.45) is 2.81. The van der Waals surface area contributed by atoms with E-state index in [4.69, 9.17) is 4.42 Å². The van der Waals surface area contributed by atoms with Gasteiger partial charge in [-0.2, -0.15) is 0 Å². The lowest BCUT2D eigenvalue weighted by Crippen LogP contribution is -2.25. The molecule has 0 fully saturated rings. The number of hydrogen-bond donors (Lipinski definition) is 1. The van der Waals surface area contributed by atoms with Crippen LogP contribution >= 0.6 is 0 Å². The third kappa shape index (κ3) is 5.26. The van der Waals surface area contributed by atoms with Crippen LogP contribution in [-0.2, 0) is 12.8 Å². The Labute approximate surface area is 97.8 Å². The molecule has 0 amide bonds. The molecule has 4 nitrogen and oxygen atoms in total. The van der Waals surface area contributed by atoms with Crippen molar-refractivity contribution in [2.24, 2.45) is 5.92 Å². The average molecular weight is 225 g/mol. The summed E-state index contributed by atoms with van der Waals surface area (Å²) in [5.74, 6) is 2.19. The molecule has 0 aromatic carbocycles. The number of rotatable bonds is 7. The van der Waals surface area contributed by atoms with E-state index in [9.17, 15) is 0 Å². The molecule has 1 aromatic heterocycles. The minimum absolute atomic E-state index is 0.503. The average Bonchev–Trinajstić information content (AvgIpc) is 2.62. The summed E-state index contributed by atoms with van der Waals surface area (Å²) < 4.78 is 5.55. The molecular formula is C12H23N3O. The number of aromatic nitrogens is 2. The fourth-order valence-corrected chi connectivity index (χ4v) is 1.37. The summed E-state index contributed by atoms with van der Waals surface area (Å²) in [6, 6.07) is 0.503. The van der Waals surface area contributed by atoms with E-state index in [1.54, 1.807) is 0 Å². The predicted molar refractivity (Wildman–Crippen MR) is 64.3 cm³/mol. The monoisotopic (exact) mass is 225 g/mol. The van der Waals surface area contributed by atoms with Crippen molar-refractivity contribution in [1.82, 2.24) is 15.5 Å². The van der Waals surface area contributed by atoms with Crippen LogP contribution in [-0.4, -0.2) is 22.8 Å². The smallest absolute Gasteiger partial charge is 0.217 e. The minimum Gasteiger partial charge on any atom is -0.425 e. The van der Waals surface area contributed by atoms with Gasteiger partial charge in [0.25, 0.3) is 0 Å². The first kappa shape index (κ1) is 13.2. The molecule has 0 saturated heterocycles. The van der Waals surface area contributed by atoms with E-state index >= 15 is 0 Å². The van der Waals surface area contributed by atoms with Crippen molar-refractivity contribution in [2.45, 2.75) is 53.0 Å². The van der Waals surface area contributed by atoms with Crippen LogP contribution in [0.1, 0.15) is 45.9 Å². The molecule has 0 aliphatic heterocycles. The standard InChI is InChI=1S/C12H23N3O/c1-9(2)5-6-11-14-15-12(16-11)7-8-13-10(3)4/h9-10,13H,5-8H2,1-4H3. The van der Waals surface area contributed by atoms with Gasteiger partial charge in [0, 0.05) is 25.4 Å². The van der Waals surface area contributed by atoms with Gasteiger partial charge in [-0.25, -0.2) is 0 Å². The molecule has 0 aliphatic rings. The molecule has 0 bridgehead atoms. The Morgan fingerprint density at radius 3 is 2.25 bits per heavy atom. The van der Waals surface area contributed by atoms with Crippen molar-refractivity contribution in [3.63, 3.8) is 0 Å². The van der Waals surface area contributed by atoms with Crippen LogP contribution in [0, 0.1) is 5.92 Å². The second-order valence-corrected chi connectivity index (χ2v) is 4.88. The zero-order valence-electron chi connectivity index (χ0n) is 10.8. The maximum Gasteiger partial charge on any atom is 0.217 e.